The molecule has 1 saturated heterocycles. The molecule has 0 saturated carbocycles. The van der Waals surface area contributed by atoms with E-state index >= 15 is 0 Å². The van der Waals surface area contributed by atoms with Gasteiger partial charge in [-0.3, -0.25) is 4.79 Å². The minimum absolute atomic E-state index is 0.0376. The predicted molar refractivity (Wildman–Crippen MR) is 105 cm³/mol. The van der Waals surface area contributed by atoms with Gasteiger partial charge in [-0.25, -0.2) is 4.68 Å². The fraction of sp³-hybridized carbons (Fsp3) is 0.273. The molecule has 2 aromatic carbocycles. The first-order valence-electron chi connectivity index (χ1n) is 9.26. The van der Waals surface area contributed by atoms with Crippen molar-refractivity contribution in [3.05, 3.63) is 65.9 Å². The Morgan fingerprint density at radius 3 is 2.56 bits per heavy atom. The molecule has 1 aliphatic heterocycles. The lowest BCUT2D eigenvalue weighted by molar-refractivity contribution is 0.0784. The van der Waals surface area contributed by atoms with Crippen molar-refractivity contribution in [2.45, 2.75) is 19.8 Å². The summed E-state index contributed by atoms with van der Waals surface area (Å²) in [6, 6.07) is 17.7. The van der Waals surface area contributed by atoms with Crippen LogP contribution in [0.2, 0.25) is 0 Å². The number of ether oxygens (including phenoxy) is 1. The van der Waals surface area contributed by atoms with Crippen LogP contribution in [0.1, 0.15) is 28.9 Å². The second-order valence-electron chi connectivity index (χ2n) is 6.90. The van der Waals surface area contributed by atoms with Gasteiger partial charge < -0.3 is 9.64 Å². The highest BCUT2D eigenvalue weighted by Crippen LogP contribution is 2.26. The van der Waals surface area contributed by atoms with E-state index in [4.69, 9.17) is 9.84 Å². The fourth-order valence-electron chi connectivity index (χ4n) is 3.50. The van der Waals surface area contributed by atoms with E-state index in [-0.39, 0.29) is 5.91 Å². The van der Waals surface area contributed by atoms with Crippen LogP contribution in [0.4, 0.5) is 0 Å². The van der Waals surface area contributed by atoms with Crippen LogP contribution in [0.3, 0.4) is 0 Å². The van der Waals surface area contributed by atoms with Crippen molar-refractivity contribution in [1.82, 2.24) is 14.7 Å². The molecule has 1 aromatic heterocycles. The van der Waals surface area contributed by atoms with Gasteiger partial charge in [0.05, 0.1) is 18.5 Å². The number of likely N-dealkylation sites (tertiary alicyclic amines) is 1. The summed E-state index contributed by atoms with van der Waals surface area (Å²) in [6.07, 6.45) is 2.13. The van der Waals surface area contributed by atoms with Crippen molar-refractivity contribution < 1.29 is 9.53 Å². The molecular formula is C22H23N3O2. The Balaban J connectivity index is 1.82. The van der Waals surface area contributed by atoms with Gasteiger partial charge in [0.2, 0.25) is 0 Å². The minimum atomic E-state index is 0.0376. The molecule has 1 fully saturated rings. The topological polar surface area (TPSA) is 47.4 Å². The van der Waals surface area contributed by atoms with Crippen LogP contribution in [0.15, 0.2) is 54.6 Å². The van der Waals surface area contributed by atoms with Crippen LogP contribution in [0, 0.1) is 6.92 Å². The summed E-state index contributed by atoms with van der Waals surface area (Å²) in [5.74, 6) is 0.806. The molecule has 0 bridgehead atoms. The molecular weight excluding hydrogens is 338 g/mol. The largest absolute Gasteiger partial charge is 0.497 e. The van der Waals surface area contributed by atoms with Gasteiger partial charge in [-0.15, -0.1) is 0 Å². The van der Waals surface area contributed by atoms with Crippen LogP contribution in [-0.2, 0) is 0 Å². The van der Waals surface area contributed by atoms with Crippen LogP contribution in [-0.4, -0.2) is 40.8 Å². The number of rotatable bonds is 4. The summed E-state index contributed by atoms with van der Waals surface area (Å²) in [7, 11) is 1.65. The average Bonchev–Trinajstić information content (AvgIpc) is 3.38. The molecule has 0 radical (unpaired) electrons. The molecule has 5 nitrogen and oxygen atoms in total. The van der Waals surface area contributed by atoms with Crippen LogP contribution >= 0.6 is 0 Å². The van der Waals surface area contributed by atoms with Gasteiger partial charge in [0.15, 0.2) is 0 Å². The number of aryl methyl sites for hydroxylation is 1. The first-order valence-corrected chi connectivity index (χ1v) is 9.26. The maximum atomic E-state index is 13.1. The zero-order valence-electron chi connectivity index (χ0n) is 15.7. The summed E-state index contributed by atoms with van der Waals surface area (Å²) >= 11 is 0. The molecule has 27 heavy (non-hydrogen) atoms. The minimum Gasteiger partial charge on any atom is -0.497 e. The molecule has 0 atom stereocenters. The maximum Gasteiger partial charge on any atom is 0.272 e. The van der Waals surface area contributed by atoms with Crippen LogP contribution < -0.4 is 4.74 Å². The third-order valence-corrected chi connectivity index (χ3v) is 4.93. The fourth-order valence-corrected chi connectivity index (χ4v) is 3.50. The Morgan fingerprint density at radius 1 is 1.04 bits per heavy atom. The summed E-state index contributed by atoms with van der Waals surface area (Å²) in [4.78, 5) is 15.0. The normalized spacial score (nSPS) is 13.8. The van der Waals surface area contributed by atoms with E-state index in [9.17, 15) is 4.79 Å². The first-order chi connectivity index (χ1) is 13.2. The summed E-state index contributed by atoms with van der Waals surface area (Å²) in [5, 5.41) is 4.77. The Bertz CT molecular complexity index is 971. The number of hydrogen-bond acceptors (Lipinski definition) is 3. The Hall–Kier alpha value is -3.08. The van der Waals surface area contributed by atoms with Crippen molar-refractivity contribution in [3.8, 4) is 22.7 Å². The number of hydrogen-bond donors (Lipinski definition) is 0. The van der Waals surface area contributed by atoms with Gasteiger partial charge in [0, 0.05) is 18.7 Å². The molecule has 1 amide bonds. The Kier molecular flexibility index (Phi) is 4.67. The van der Waals surface area contributed by atoms with Crippen molar-refractivity contribution in [2.24, 2.45) is 0 Å². The second kappa shape index (κ2) is 7.27. The lowest BCUT2D eigenvalue weighted by Gasteiger charge is -2.16. The predicted octanol–water partition coefficient (Wildman–Crippen LogP) is 4.09. The van der Waals surface area contributed by atoms with E-state index in [0.717, 1.165) is 54.2 Å². The van der Waals surface area contributed by atoms with Gasteiger partial charge in [0.25, 0.3) is 5.91 Å². The summed E-state index contributed by atoms with van der Waals surface area (Å²) in [6.45, 7) is 3.66. The zero-order chi connectivity index (χ0) is 18.8. The highest BCUT2D eigenvalue weighted by atomic mass is 16.5. The molecule has 0 unspecified atom stereocenters. The maximum absolute atomic E-state index is 13.1. The lowest BCUT2D eigenvalue weighted by atomic mass is 10.1. The van der Waals surface area contributed by atoms with Gasteiger partial charge in [-0.1, -0.05) is 24.3 Å². The molecule has 0 spiro atoms. The third-order valence-electron chi connectivity index (χ3n) is 4.93. The third kappa shape index (κ3) is 3.45. The molecule has 4 rings (SSSR count). The number of nitrogens with zero attached hydrogens (tertiary/aromatic N) is 3. The van der Waals surface area contributed by atoms with Crippen molar-refractivity contribution in [1.29, 1.82) is 0 Å². The highest BCUT2D eigenvalue weighted by Gasteiger charge is 2.25. The number of benzene rings is 2. The monoisotopic (exact) mass is 361 g/mol. The van der Waals surface area contributed by atoms with Crippen LogP contribution in [0.5, 0.6) is 5.75 Å². The lowest BCUT2D eigenvalue weighted by Crippen LogP contribution is -2.29. The van der Waals surface area contributed by atoms with Gasteiger partial charge in [-0.05, 0) is 55.7 Å². The number of carbonyl (C=O) groups excluding carboxylic acids is 1. The average molecular weight is 361 g/mol. The quantitative estimate of drug-likeness (QED) is 0.703. The summed E-state index contributed by atoms with van der Waals surface area (Å²) in [5.41, 5.74) is 4.31. The van der Waals surface area contributed by atoms with Crippen molar-refractivity contribution in [3.63, 3.8) is 0 Å². The van der Waals surface area contributed by atoms with Gasteiger partial charge in [-0.2, -0.15) is 5.10 Å². The molecule has 138 valence electrons. The molecule has 2 heterocycles. The zero-order valence-corrected chi connectivity index (χ0v) is 15.7. The van der Waals surface area contributed by atoms with Crippen molar-refractivity contribution in [2.75, 3.05) is 20.2 Å². The summed E-state index contributed by atoms with van der Waals surface area (Å²) < 4.78 is 7.10. The standard InChI is InChI=1S/C22H23N3O2/c1-16-7-5-9-18(13-16)25-21(22(26)24-11-3-4-12-24)15-20(23-25)17-8-6-10-19(14-17)27-2/h5-10,13-15H,3-4,11-12H2,1-2H3. The van der Waals surface area contributed by atoms with Gasteiger partial charge in [0.1, 0.15) is 11.4 Å². The van der Waals surface area contributed by atoms with Gasteiger partial charge >= 0.3 is 0 Å². The molecule has 1 aliphatic rings. The van der Waals surface area contributed by atoms with Crippen molar-refractivity contribution >= 4 is 5.91 Å². The van der Waals surface area contributed by atoms with E-state index in [1.165, 1.54) is 0 Å². The number of methoxy groups -OCH3 is 1. The molecule has 0 aliphatic carbocycles. The highest BCUT2D eigenvalue weighted by molar-refractivity contribution is 5.94. The Morgan fingerprint density at radius 2 is 1.81 bits per heavy atom. The molecule has 5 heteroatoms. The Labute approximate surface area is 159 Å². The number of aromatic nitrogens is 2. The van der Waals surface area contributed by atoms with E-state index in [2.05, 4.69) is 0 Å². The smallest absolute Gasteiger partial charge is 0.272 e. The second-order valence-corrected chi connectivity index (χ2v) is 6.90. The van der Waals surface area contributed by atoms with E-state index in [1.807, 2.05) is 66.4 Å². The first kappa shape index (κ1) is 17.3. The van der Waals surface area contributed by atoms with E-state index < -0.39 is 0 Å². The number of carbonyl (C=O) groups is 1. The van der Waals surface area contributed by atoms with E-state index in [1.54, 1.807) is 11.8 Å². The number of amides is 1. The van der Waals surface area contributed by atoms with E-state index in [0.29, 0.717) is 5.69 Å². The van der Waals surface area contributed by atoms with Crippen LogP contribution in [0.25, 0.3) is 16.9 Å². The SMILES string of the molecule is COc1cccc(-c2cc(C(=O)N3CCCC3)n(-c3cccc(C)c3)n2)c1. The molecule has 3 aromatic rings. The molecule has 0 N–H and O–H groups in total.